The van der Waals surface area contributed by atoms with Crippen molar-refractivity contribution in [3.63, 3.8) is 0 Å². The smallest absolute Gasteiger partial charge is 0.255 e. The molecule has 6 nitrogen and oxygen atoms in total. The lowest BCUT2D eigenvalue weighted by Crippen LogP contribution is -2.34. The molecule has 0 aliphatic heterocycles. The molecule has 0 heterocycles. The van der Waals surface area contributed by atoms with Crippen molar-refractivity contribution < 1.29 is 19.1 Å². The molecule has 7 heteroatoms. The van der Waals surface area contributed by atoms with Gasteiger partial charge in [-0.2, -0.15) is 0 Å². The van der Waals surface area contributed by atoms with Gasteiger partial charge in [-0.3, -0.25) is 9.59 Å². The first-order chi connectivity index (χ1) is 12.5. The van der Waals surface area contributed by atoms with Crippen LogP contribution in [0.25, 0.3) is 0 Å². The van der Waals surface area contributed by atoms with Crippen molar-refractivity contribution in [3.8, 4) is 11.5 Å². The third-order valence-corrected chi connectivity index (χ3v) is 4.73. The highest BCUT2D eigenvalue weighted by molar-refractivity contribution is 14.1. The number of hydrogen-bond acceptors (Lipinski definition) is 4. The van der Waals surface area contributed by atoms with Crippen LogP contribution in [0.4, 0.5) is 0 Å². The van der Waals surface area contributed by atoms with Crippen molar-refractivity contribution in [1.82, 2.24) is 4.90 Å². The van der Waals surface area contributed by atoms with Gasteiger partial charge in [0.2, 0.25) is 5.91 Å². The molecule has 0 radical (unpaired) electrons. The second-order valence-electron chi connectivity index (χ2n) is 5.62. The van der Waals surface area contributed by atoms with Gasteiger partial charge in [0.05, 0.1) is 19.8 Å². The van der Waals surface area contributed by atoms with E-state index in [0.717, 1.165) is 9.13 Å². The number of carbonyl (C=O) groups excluding carboxylic acids is 2. The molecule has 2 rings (SSSR count). The molecule has 26 heavy (non-hydrogen) atoms. The number of amides is 2. The summed E-state index contributed by atoms with van der Waals surface area (Å²) in [5.41, 5.74) is 6.73. The summed E-state index contributed by atoms with van der Waals surface area (Å²) in [6, 6.07) is 13.0. The molecular weight excluding hydrogens is 447 g/mol. The van der Waals surface area contributed by atoms with E-state index >= 15 is 0 Å². The fourth-order valence-corrected chi connectivity index (χ4v) is 3.16. The molecule has 2 amide bonds. The molecular formula is C19H21IN2O4. The second-order valence-corrected chi connectivity index (χ2v) is 6.78. The zero-order chi connectivity index (χ0) is 19.1. The predicted molar refractivity (Wildman–Crippen MR) is 107 cm³/mol. The number of benzene rings is 2. The van der Waals surface area contributed by atoms with E-state index in [-0.39, 0.29) is 18.9 Å². The average molecular weight is 468 g/mol. The Kier molecular flexibility index (Phi) is 7.26. The van der Waals surface area contributed by atoms with E-state index in [1.54, 1.807) is 24.1 Å². The molecule has 0 aliphatic carbocycles. The summed E-state index contributed by atoms with van der Waals surface area (Å²) in [5.74, 6) is 0.393. The van der Waals surface area contributed by atoms with Crippen LogP contribution in [0.3, 0.4) is 0 Å². The average Bonchev–Trinajstić information content (AvgIpc) is 2.64. The molecule has 2 aromatic rings. The molecule has 0 fully saturated rings. The van der Waals surface area contributed by atoms with E-state index in [1.807, 2.05) is 30.3 Å². The Morgan fingerprint density at radius 2 is 1.69 bits per heavy atom. The van der Waals surface area contributed by atoms with E-state index in [9.17, 15) is 9.59 Å². The predicted octanol–water partition coefficient (Wildman–Crippen LogP) is 2.83. The standard InChI is InChI=1S/C19H21IN2O4/c1-25-16-10-14(15(20)11-17(16)26-2)19(24)22(9-8-18(21)23)12-13-6-4-3-5-7-13/h3-7,10-11H,8-9,12H2,1-2H3,(H2,21,23). The first kappa shape index (κ1) is 20.0. The number of halogens is 1. The molecule has 138 valence electrons. The SMILES string of the molecule is COc1cc(I)c(C(=O)N(CCC(N)=O)Cc2ccccc2)cc1OC. The van der Waals surface area contributed by atoms with Crippen molar-refractivity contribution in [3.05, 3.63) is 57.2 Å². The maximum atomic E-state index is 13.1. The summed E-state index contributed by atoms with van der Waals surface area (Å²) in [4.78, 5) is 26.0. The van der Waals surface area contributed by atoms with Gasteiger partial charge in [0, 0.05) is 23.1 Å². The minimum absolute atomic E-state index is 0.0996. The van der Waals surface area contributed by atoms with Gasteiger partial charge in [-0.1, -0.05) is 30.3 Å². The fourth-order valence-electron chi connectivity index (χ4n) is 2.49. The number of nitrogens with zero attached hydrogens (tertiary/aromatic N) is 1. The lowest BCUT2D eigenvalue weighted by Gasteiger charge is -2.23. The second kappa shape index (κ2) is 9.42. The van der Waals surface area contributed by atoms with Crippen molar-refractivity contribution in [2.24, 2.45) is 5.73 Å². The lowest BCUT2D eigenvalue weighted by atomic mass is 10.1. The summed E-state index contributed by atoms with van der Waals surface area (Å²) < 4.78 is 11.3. The van der Waals surface area contributed by atoms with Gasteiger partial charge in [-0.05, 0) is 40.3 Å². The molecule has 0 bridgehead atoms. The Bertz CT molecular complexity index is 781. The summed E-state index contributed by atoms with van der Waals surface area (Å²) in [6.45, 7) is 0.630. The number of rotatable bonds is 8. The highest BCUT2D eigenvalue weighted by Gasteiger charge is 2.21. The van der Waals surface area contributed by atoms with Crippen LogP contribution in [0.15, 0.2) is 42.5 Å². The lowest BCUT2D eigenvalue weighted by molar-refractivity contribution is -0.118. The number of hydrogen-bond donors (Lipinski definition) is 1. The Morgan fingerprint density at radius 1 is 1.08 bits per heavy atom. The number of nitrogens with two attached hydrogens (primary N) is 1. The first-order valence-corrected chi connectivity index (χ1v) is 9.07. The number of primary amides is 1. The van der Waals surface area contributed by atoms with Crippen LogP contribution in [0.1, 0.15) is 22.3 Å². The van der Waals surface area contributed by atoms with Crippen LogP contribution in [0.2, 0.25) is 0 Å². The zero-order valence-electron chi connectivity index (χ0n) is 14.7. The minimum atomic E-state index is -0.446. The monoisotopic (exact) mass is 468 g/mol. The molecule has 0 saturated carbocycles. The number of ether oxygens (including phenoxy) is 2. The summed E-state index contributed by atoms with van der Waals surface area (Å²) in [6.07, 6.45) is 0.0996. The van der Waals surface area contributed by atoms with E-state index in [2.05, 4.69) is 22.6 Å². The normalized spacial score (nSPS) is 10.3. The van der Waals surface area contributed by atoms with Gasteiger partial charge in [0.1, 0.15) is 0 Å². The number of methoxy groups -OCH3 is 2. The van der Waals surface area contributed by atoms with Crippen LogP contribution in [-0.4, -0.2) is 37.5 Å². The molecule has 0 unspecified atom stereocenters. The fraction of sp³-hybridized carbons (Fsp3) is 0.263. The molecule has 2 aromatic carbocycles. The summed E-state index contributed by atoms with van der Waals surface area (Å²) in [7, 11) is 3.07. The first-order valence-electron chi connectivity index (χ1n) is 7.99. The molecule has 0 saturated heterocycles. The van der Waals surface area contributed by atoms with Gasteiger partial charge in [0.15, 0.2) is 11.5 Å². The number of carbonyl (C=O) groups is 2. The maximum absolute atomic E-state index is 13.1. The third-order valence-electron chi connectivity index (χ3n) is 3.84. The van der Waals surface area contributed by atoms with Crippen LogP contribution in [0.5, 0.6) is 11.5 Å². The van der Waals surface area contributed by atoms with Gasteiger partial charge in [-0.15, -0.1) is 0 Å². The highest BCUT2D eigenvalue weighted by Crippen LogP contribution is 2.32. The Morgan fingerprint density at radius 3 is 2.27 bits per heavy atom. The molecule has 2 N–H and O–H groups in total. The topological polar surface area (TPSA) is 81.9 Å². The molecule has 0 aromatic heterocycles. The molecule has 0 spiro atoms. The third kappa shape index (κ3) is 5.10. The van der Waals surface area contributed by atoms with Gasteiger partial charge in [-0.25, -0.2) is 0 Å². The van der Waals surface area contributed by atoms with Crippen LogP contribution in [-0.2, 0) is 11.3 Å². The Hall–Kier alpha value is -2.29. The van der Waals surface area contributed by atoms with E-state index < -0.39 is 5.91 Å². The van der Waals surface area contributed by atoms with Crippen molar-refractivity contribution in [1.29, 1.82) is 0 Å². The van der Waals surface area contributed by atoms with Crippen molar-refractivity contribution in [2.45, 2.75) is 13.0 Å². The van der Waals surface area contributed by atoms with Crippen LogP contribution >= 0.6 is 22.6 Å². The van der Waals surface area contributed by atoms with Gasteiger partial charge >= 0.3 is 0 Å². The van der Waals surface area contributed by atoms with Crippen LogP contribution < -0.4 is 15.2 Å². The molecule has 0 atom stereocenters. The highest BCUT2D eigenvalue weighted by atomic mass is 127. The Labute approximate surface area is 166 Å². The summed E-state index contributed by atoms with van der Waals surface area (Å²) in [5, 5.41) is 0. The minimum Gasteiger partial charge on any atom is -0.493 e. The van der Waals surface area contributed by atoms with Crippen molar-refractivity contribution >= 4 is 34.4 Å². The van der Waals surface area contributed by atoms with Crippen LogP contribution in [0, 0.1) is 3.57 Å². The Balaban J connectivity index is 2.34. The molecule has 0 aliphatic rings. The van der Waals surface area contributed by atoms with E-state index in [0.29, 0.717) is 23.6 Å². The quantitative estimate of drug-likeness (QED) is 0.605. The van der Waals surface area contributed by atoms with E-state index in [1.165, 1.54) is 7.11 Å². The van der Waals surface area contributed by atoms with Crippen molar-refractivity contribution in [2.75, 3.05) is 20.8 Å². The van der Waals surface area contributed by atoms with Gasteiger partial charge in [0.25, 0.3) is 5.91 Å². The van der Waals surface area contributed by atoms with E-state index in [4.69, 9.17) is 15.2 Å². The largest absolute Gasteiger partial charge is 0.493 e. The maximum Gasteiger partial charge on any atom is 0.255 e. The summed E-state index contributed by atoms with van der Waals surface area (Å²) >= 11 is 2.09. The van der Waals surface area contributed by atoms with Gasteiger partial charge < -0.3 is 20.1 Å². The zero-order valence-corrected chi connectivity index (χ0v) is 16.9.